The zero-order chi connectivity index (χ0) is 12.7. The maximum atomic E-state index is 11.7. The van der Waals surface area contributed by atoms with E-state index < -0.39 is 0 Å². The van der Waals surface area contributed by atoms with Crippen molar-refractivity contribution in [1.29, 1.82) is 5.41 Å². The Bertz CT molecular complexity index is 377. The number of nitrogens with zero attached hydrogens (tertiary/aromatic N) is 1. The standard InChI is InChI=1S/C12H18N4O/c1-2-16(9-11(13)14)12(17)15-8-10-6-4-3-5-7-10/h3-7H,2,8-9H2,1H3,(H3,13,14)(H,15,17). The Morgan fingerprint density at radius 2 is 2.06 bits per heavy atom. The van der Waals surface area contributed by atoms with Crippen LogP contribution in [0.2, 0.25) is 0 Å². The zero-order valence-corrected chi connectivity index (χ0v) is 9.94. The smallest absolute Gasteiger partial charge is 0.318 e. The molecule has 5 heteroatoms. The lowest BCUT2D eigenvalue weighted by atomic mass is 10.2. The van der Waals surface area contributed by atoms with Gasteiger partial charge in [-0.15, -0.1) is 0 Å². The number of rotatable bonds is 5. The molecule has 1 aromatic carbocycles. The van der Waals surface area contributed by atoms with Gasteiger partial charge in [-0.25, -0.2) is 4.79 Å². The monoisotopic (exact) mass is 234 g/mol. The first-order valence-corrected chi connectivity index (χ1v) is 5.53. The Morgan fingerprint density at radius 3 is 2.59 bits per heavy atom. The van der Waals surface area contributed by atoms with Gasteiger partial charge in [0.1, 0.15) is 5.84 Å². The first kappa shape index (κ1) is 13.0. The number of likely N-dealkylation sites (N-methyl/N-ethyl adjacent to an activating group) is 1. The minimum absolute atomic E-state index is 0.0123. The summed E-state index contributed by atoms with van der Waals surface area (Å²) in [6.07, 6.45) is 0. The van der Waals surface area contributed by atoms with Gasteiger partial charge in [0.25, 0.3) is 0 Å². The number of urea groups is 1. The first-order valence-electron chi connectivity index (χ1n) is 5.53. The molecule has 0 fully saturated rings. The van der Waals surface area contributed by atoms with Crippen molar-refractivity contribution in [1.82, 2.24) is 10.2 Å². The van der Waals surface area contributed by atoms with E-state index in [1.807, 2.05) is 37.3 Å². The topological polar surface area (TPSA) is 82.2 Å². The third-order valence-corrected chi connectivity index (χ3v) is 2.32. The van der Waals surface area contributed by atoms with Crippen LogP contribution in [-0.4, -0.2) is 29.9 Å². The number of benzene rings is 1. The Kier molecular flexibility index (Phi) is 5.00. The molecule has 0 bridgehead atoms. The van der Waals surface area contributed by atoms with Gasteiger partial charge in [0, 0.05) is 13.1 Å². The minimum atomic E-state index is -0.202. The molecule has 1 aromatic rings. The largest absolute Gasteiger partial charge is 0.386 e. The highest BCUT2D eigenvalue weighted by atomic mass is 16.2. The van der Waals surface area contributed by atoms with Crippen LogP contribution in [-0.2, 0) is 6.54 Å². The van der Waals surface area contributed by atoms with Crippen molar-refractivity contribution in [2.75, 3.05) is 13.1 Å². The van der Waals surface area contributed by atoms with E-state index in [9.17, 15) is 4.79 Å². The molecule has 0 saturated heterocycles. The molecule has 92 valence electrons. The molecule has 0 saturated carbocycles. The first-order chi connectivity index (χ1) is 8.13. The highest BCUT2D eigenvalue weighted by Crippen LogP contribution is 1.98. The summed E-state index contributed by atoms with van der Waals surface area (Å²) in [5.41, 5.74) is 6.32. The Hall–Kier alpha value is -2.04. The predicted molar refractivity (Wildman–Crippen MR) is 67.8 cm³/mol. The van der Waals surface area contributed by atoms with E-state index in [0.29, 0.717) is 13.1 Å². The number of hydrogen-bond acceptors (Lipinski definition) is 2. The number of amides is 2. The molecule has 0 aliphatic heterocycles. The fraction of sp³-hybridized carbons (Fsp3) is 0.333. The molecular weight excluding hydrogens is 216 g/mol. The van der Waals surface area contributed by atoms with Crippen LogP contribution in [0.1, 0.15) is 12.5 Å². The van der Waals surface area contributed by atoms with Crippen molar-refractivity contribution < 1.29 is 4.79 Å². The van der Waals surface area contributed by atoms with E-state index in [4.69, 9.17) is 11.1 Å². The molecule has 17 heavy (non-hydrogen) atoms. The SMILES string of the molecule is CCN(CC(=N)N)C(=O)NCc1ccccc1. The molecule has 0 aromatic heterocycles. The summed E-state index contributed by atoms with van der Waals surface area (Å²) >= 11 is 0. The second kappa shape index (κ2) is 6.52. The van der Waals surface area contributed by atoms with Crippen molar-refractivity contribution in [3.8, 4) is 0 Å². The molecular formula is C12H18N4O. The third-order valence-electron chi connectivity index (χ3n) is 2.32. The minimum Gasteiger partial charge on any atom is -0.386 e. The molecule has 0 radical (unpaired) electrons. The quantitative estimate of drug-likeness (QED) is 0.527. The molecule has 0 unspecified atom stereocenters. The second-order valence-corrected chi connectivity index (χ2v) is 3.68. The average molecular weight is 234 g/mol. The van der Waals surface area contributed by atoms with Crippen LogP contribution >= 0.6 is 0 Å². The lowest BCUT2D eigenvalue weighted by molar-refractivity contribution is 0.206. The number of carbonyl (C=O) groups is 1. The van der Waals surface area contributed by atoms with Crippen molar-refractivity contribution in [2.45, 2.75) is 13.5 Å². The van der Waals surface area contributed by atoms with Gasteiger partial charge < -0.3 is 16.0 Å². The maximum absolute atomic E-state index is 11.7. The molecule has 0 aliphatic carbocycles. The summed E-state index contributed by atoms with van der Waals surface area (Å²) < 4.78 is 0. The molecule has 0 atom stereocenters. The summed E-state index contributed by atoms with van der Waals surface area (Å²) in [4.78, 5) is 13.2. The van der Waals surface area contributed by atoms with Gasteiger partial charge >= 0.3 is 6.03 Å². The summed E-state index contributed by atoms with van der Waals surface area (Å²) in [6.45, 7) is 3.02. The van der Waals surface area contributed by atoms with Crippen LogP contribution in [0.5, 0.6) is 0 Å². The number of nitrogens with one attached hydrogen (secondary N) is 2. The van der Waals surface area contributed by atoms with Gasteiger partial charge in [-0.05, 0) is 12.5 Å². The van der Waals surface area contributed by atoms with E-state index >= 15 is 0 Å². The third kappa shape index (κ3) is 4.55. The fourth-order valence-electron chi connectivity index (χ4n) is 1.42. The number of hydrogen-bond donors (Lipinski definition) is 3. The van der Waals surface area contributed by atoms with Gasteiger partial charge in [0.2, 0.25) is 0 Å². The van der Waals surface area contributed by atoms with Gasteiger partial charge in [0.15, 0.2) is 0 Å². The van der Waals surface area contributed by atoms with E-state index in [-0.39, 0.29) is 18.4 Å². The average Bonchev–Trinajstić information content (AvgIpc) is 2.34. The second-order valence-electron chi connectivity index (χ2n) is 3.68. The molecule has 5 nitrogen and oxygen atoms in total. The molecule has 1 rings (SSSR count). The lowest BCUT2D eigenvalue weighted by Gasteiger charge is -2.20. The lowest BCUT2D eigenvalue weighted by Crippen LogP contribution is -2.43. The fourth-order valence-corrected chi connectivity index (χ4v) is 1.42. The molecule has 0 heterocycles. The van der Waals surface area contributed by atoms with E-state index in [2.05, 4.69) is 5.32 Å². The Balaban J connectivity index is 2.45. The van der Waals surface area contributed by atoms with E-state index in [1.54, 1.807) is 0 Å². The zero-order valence-electron chi connectivity index (χ0n) is 9.94. The van der Waals surface area contributed by atoms with E-state index in [1.165, 1.54) is 4.90 Å². The number of amidine groups is 1. The van der Waals surface area contributed by atoms with Crippen LogP contribution in [0.25, 0.3) is 0 Å². The van der Waals surface area contributed by atoms with Crippen LogP contribution < -0.4 is 11.1 Å². The normalized spacial score (nSPS) is 9.71. The Morgan fingerprint density at radius 1 is 1.41 bits per heavy atom. The number of carbonyl (C=O) groups excluding carboxylic acids is 1. The van der Waals surface area contributed by atoms with E-state index in [0.717, 1.165) is 5.56 Å². The Labute approximate surface area is 101 Å². The highest BCUT2D eigenvalue weighted by Gasteiger charge is 2.11. The summed E-state index contributed by atoms with van der Waals surface area (Å²) in [6, 6.07) is 9.47. The molecule has 4 N–H and O–H groups in total. The van der Waals surface area contributed by atoms with Gasteiger partial charge in [-0.1, -0.05) is 30.3 Å². The summed E-state index contributed by atoms with van der Waals surface area (Å²) in [7, 11) is 0. The summed E-state index contributed by atoms with van der Waals surface area (Å²) in [5.74, 6) is -0.0123. The van der Waals surface area contributed by atoms with Gasteiger partial charge in [-0.3, -0.25) is 5.41 Å². The number of nitrogens with two attached hydrogens (primary N) is 1. The van der Waals surface area contributed by atoms with Gasteiger partial charge in [-0.2, -0.15) is 0 Å². The predicted octanol–water partition coefficient (Wildman–Crippen LogP) is 1.15. The van der Waals surface area contributed by atoms with Crippen LogP contribution in [0.4, 0.5) is 4.79 Å². The van der Waals surface area contributed by atoms with Crippen LogP contribution in [0, 0.1) is 5.41 Å². The van der Waals surface area contributed by atoms with Crippen molar-refractivity contribution in [2.24, 2.45) is 5.73 Å². The van der Waals surface area contributed by atoms with Crippen molar-refractivity contribution in [3.63, 3.8) is 0 Å². The van der Waals surface area contributed by atoms with Crippen molar-refractivity contribution in [3.05, 3.63) is 35.9 Å². The molecule has 0 aliphatic rings. The highest BCUT2D eigenvalue weighted by molar-refractivity contribution is 5.84. The summed E-state index contributed by atoms with van der Waals surface area (Å²) in [5, 5.41) is 9.96. The maximum Gasteiger partial charge on any atom is 0.318 e. The molecule has 0 spiro atoms. The molecule has 2 amide bonds. The van der Waals surface area contributed by atoms with Crippen molar-refractivity contribution >= 4 is 11.9 Å². The van der Waals surface area contributed by atoms with Crippen LogP contribution in [0.3, 0.4) is 0 Å². The van der Waals surface area contributed by atoms with Gasteiger partial charge in [0.05, 0.1) is 6.54 Å². The van der Waals surface area contributed by atoms with Crippen LogP contribution in [0.15, 0.2) is 30.3 Å².